The highest BCUT2D eigenvalue weighted by Gasteiger charge is 2.23. The molecule has 1 amide bonds. The van der Waals surface area contributed by atoms with Gasteiger partial charge in [0.2, 0.25) is 5.91 Å². The van der Waals surface area contributed by atoms with Crippen molar-refractivity contribution >= 4 is 15.7 Å². The van der Waals surface area contributed by atoms with E-state index in [1.165, 1.54) is 0 Å². The van der Waals surface area contributed by atoms with Gasteiger partial charge in [-0.2, -0.15) is 0 Å². The van der Waals surface area contributed by atoms with E-state index in [0.29, 0.717) is 26.1 Å². The maximum Gasteiger partial charge on any atom is 0.236 e. The number of nitrogens with one attached hydrogen (secondary N) is 1. The molecule has 0 unspecified atom stereocenters. The molecule has 0 aromatic heterocycles. The standard InChI is InChI=1S/C12H23N3O3S/c16-12(15-6-1-3-13-4-7-15)11-14-5-2-9-19(17,18)10-8-14/h13H,1-11H2. The monoisotopic (exact) mass is 289 g/mol. The molecule has 2 rings (SSSR count). The quantitative estimate of drug-likeness (QED) is 0.701. The Kier molecular flexibility index (Phi) is 5.18. The lowest BCUT2D eigenvalue weighted by molar-refractivity contribution is -0.132. The van der Waals surface area contributed by atoms with Gasteiger partial charge in [-0.15, -0.1) is 0 Å². The second-order valence-electron chi connectivity index (χ2n) is 5.27. The van der Waals surface area contributed by atoms with E-state index < -0.39 is 9.84 Å². The van der Waals surface area contributed by atoms with Crippen LogP contribution in [0.4, 0.5) is 0 Å². The summed E-state index contributed by atoms with van der Waals surface area (Å²) >= 11 is 0. The number of hydrogen-bond acceptors (Lipinski definition) is 5. The Morgan fingerprint density at radius 3 is 2.68 bits per heavy atom. The number of rotatable bonds is 2. The highest BCUT2D eigenvalue weighted by Crippen LogP contribution is 2.06. The first-order valence-electron chi connectivity index (χ1n) is 6.98. The molecule has 6 nitrogen and oxygen atoms in total. The zero-order valence-corrected chi connectivity index (χ0v) is 12.1. The van der Waals surface area contributed by atoms with Crippen molar-refractivity contribution in [3.63, 3.8) is 0 Å². The van der Waals surface area contributed by atoms with Gasteiger partial charge in [-0.05, 0) is 25.9 Å². The summed E-state index contributed by atoms with van der Waals surface area (Å²) in [5.74, 6) is 0.565. The van der Waals surface area contributed by atoms with Crippen LogP contribution in [0.5, 0.6) is 0 Å². The Labute approximate surface area is 115 Å². The number of carbonyl (C=O) groups excluding carboxylic acids is 1. The van der Waals surface area contributed by atoms with Crippen LogP contribution in [0.3, 0.4) is 0 Å². The molecule has 0 aliphatic carbocycles. The highest BCUT2D eigenvalue weighted by atomic mass is 32.2. The fraction of sp³-hybridized carbons (Fsp3) is 0.917. The first kappa shape index (κ1) is 14.7. The Morgan fingerprint density at radius 1 is 1.00 bits per heavy atom. The molecule has 0 atom stereocenters. The molecule has 2 aliphatic heterocycles. The predicted octanol–water partition coefficient (Wildman–Crippen LogP) is -1.07. The SMILES string of the molecule is O=C(CN1CCCS(=O)(=O)CC1)N1CCCNCC1. The third-order valence-electron chi connectivity index (χ3n) is 3.70. The largest absolute Gasteiger partial charge is 0.340 e. The van der Waals surface area contributed by atoms with E-state index in [1.807, 2.05) is 9.80 Å². The summed E-state index contributed by atoms with van der Waals surface area (Å²) in [6, 6.07) is 0. The van der Waals surface area contributed by atoms with Gasteiger partial charge in [0, 0.05) is 26.2 Å². The van der Waals surface area contributed by atoms with Crippen molar-refractivity contribution in [2.75, 3.05) is 57.3 Å². The summed E-state index contributed by atoms with van der Waals surface area (Å²) in [6.45, 7) is 4.92. The molecular weight excluding hydrogens is 266 g/mol. The molecule has 0 bridgehead atoms. The van der Waals surface area contributed by atoms with Crippen molar-refractivity contribution < 1.29 is 13.2 Å². The summed E-state index contributed by atoms with van der Waals surface area (Å²) in [5, 5.41) is 3.27. The molecule has 2 heterocycles. The van der Waals surface area contributed by atoms with Crippen LogP contribution in [0.2, 0.25) is 0 Å². The van der Waals surface area contributed by atoms with Gasteiger partial charge in [-0.1, -0.05) is 0 Å². The van der Waals surface area contributed by atoms with Crippen LogP contribution < -0.4 is 5.32 Å². The van der Waals surface area contributed by atoms with Crippen molar-refractivity contribution in [3.8, 4) is 0 Å². The molecule has 2 fully saturated rings. The van der Waals surface area contributed by atoms with Crippen LogP contribution in [-0.2, 0) is 14.6 Å². The second kappa shape index (κ2) is 6.67. The summed E-state index contributed by atoms with van der Waals surface area (Å²) in [5.41, 5.74) is 0. The van der Waals surface area contributed by atoms with Crippen LogP contribution in [0.25, 0.3) is 0 Å². The lowest BCUT2D eigenvalue weighted by Crippen LogP contribution is -2.42. The molecular formula is C12H23N3O3S. The molecule has 0 spiro atoms. The van der Waals surface area contributed by atoms with Gasteiger partial charge in [0.25, 0.3) is 0 Å². The molecule has 0 saturated carbocycles. The van der Waals surface area contributed by atoms with Crippen LogP contribution in [-0.4, -0.2) is 81.4 Å². The molecule has 0 aromatic rings. The topological polar surface area (TPSA) is 69.7 Å². The first-order chi connectivity index (χ1) is 9.07. The van der Waals surface area contributed by atoms with Gasteiger partial charge in [-0.25, -0.2) is 8.42 Å². The molecule has 2 saturated heterocycles. The Morgan fingerprint density at radius 2 is 1.84 bits per heavy atom. The molecule has 0 aromatic carbocycles. The predicted molar refractivity (Wildman–Crippen MR) is 73.8 cm³/mol. The molecule has 19 heavy (non-hydrogen) atoms. The van der Waals surface area contributed by atoms with Gasteiger partial charge in [-0.3, -0.25) is 9.69 Å². The average Bonchev–Trinajstić information content (AvgIpc) is 2.71. The van der Waals surface area contributed by atoms with E-state index in [4.69, 9.17) is 0 Å². The van der Waals surface area contributed by atoms with Crippen LogP contribution in [0, 0.1) is 0 Å². The number of amides is 1. The average molecular weight is 289 g/mol. The van der Waals surface area contributed by atoms with Gasteiger partial charge in [0.05, 0.1) is 18.1 Å². The molecule has 0 radical (unpaired) electrons. The molecule has 1 N–H and O–H groups in total. The number of sulfone groups is 1. The van der Waals surface area contributed by atoms with Crippen LogP contribution in [0.15, 0.2) is 0 Å². The molecule has 110 valence electrons. The Bertz CT molecular complexity index is 402. The highest BCUT2D eigenvalue weighted by molar-refractivity contribution is 7.91. The Hall–Kier alpha value is -0.660. The van der Waals surface area contributed by atoms with Crippen LogP contribution >= 0.6 is 0 Å². The van der Waals surface area contributed by atoms with Crippen molar-refractivity contribution in [1.82, 2.24) is 15.1 Å². The minimum absolute atomic E-state index is 0.128. The van der Waals surface area contributed by atoms with E-state index in [9.17, 15) is 13.2 Å². The second-order valence-corrected chi connectivity index (χ2v) is 7.57. The maximum absolute atomic E-state index is 12.2. The minimum atomic E-state index is -2.90. The molecule has 7 heteroatoms. The lowest BCUT2D eigenvalue weighted by Gasteiger charge is -2.25. The number of carbonyl (C=O) groups is 1. The fourth-order valence-corrected chi connectivity index (χ4v) is 3.84. The van der Waals surface area contributed by atoms with E-state index in [-0.39, 0.29) is 17.4 Å². The zero-order chi connectivity index (χ0) is 13.7. The zero-order valence-electron chi connectivity index (χ0n) is 11.3. The van der Waals surface area contributed by atoms with E-state index in [2.05, 4.69) is 5.32 Å². The van der Waals surface area contributed by atoms with E-state index in [1.54, 1.807) is 0 Å². The van der Waals surface area contributed by atoms with Crippen molar-refractivity contribution in [3.05, 3.63) is 0 Å². The fourth-order valence-electron chi connectivity index (χ4n) is 2.53. The summed E-state index contributed by atoms with van der Waals surface area (Å²) in [4.78, 5) is 16.1. The summed E-state index contributed by atoms with van der Waals surface area (Å²) in [6.07, 6.45) is 1.62. The maximum atomic E-state index is 12.2. The lowest BCUT2D eigenvalue weighted by atomic mass is 10.3. The normalized spacial score (nSPS) is 25.6. The van der Waals surface area contributed by atoms with Crippen LogP contribution in [0.1, 0.15) is 12.8 Å². The first-order valence-corrected chi connectivity index (χ1v) is 8.80. The third kappa shape index (κ3) is 4.74. The van der Waals surface area contributed by atoms with Crippen molar-refractivity contribution in [1.29, 1.82) is 0 Å². The number of hydrogen-bond donors (Lipinski definition) is 1. The van der Waals surface area contributed by atoms with Gasteiger partial charge in [0.15, 0.2) is 9.84 Å². The minimum Gasteiger partial charge on any atom is -0.340 e. The van der Waals surface area contributed by atoms with Gasteiger partial charge >= 0.3 is 0 Å². The summed E-state index contributed by atoms with van der Waals surface area (Å²) in [7, 11) is -2.90. The van der Waals surface area contributed by atoms with Gasteiger partial charge < -0.3 is 10.2 Å². The summed E-state index contributed by atoms with van der Waals surface area (Å²) < 4.78 is 23.0. The third-order valence-corrected chi connectivity index (χ3v) is 5.42. The smallest absolute Gasteiger partial charge is 0.236 e. The van der Waals surface area contributed by atoms with E-state index in [0.717, 1.165) is 32.6 Å². The van der Waals surface area contributed by atoms with Crippen molar-refractivity contribution in [2.45, 2.75) is 12.8 Å². The molecule has 2 aliphatic rings. The number of nitrogens with zero attached hydrogens (tertiary/aromatic N) is 2. The Balaban J connectivity index is 1.84. The van der Waals surface area contributed by atoms with Crippen molar-refractivity contribution in [2.24, 2.45) is 0 Å². The van der Waals surface area contributed by atoms with E-state index >= 15 is 0 Å². The van der Waals surface area contributed by atoms with Gasteiger partial charge in [0.1, 0.15) is 0 Å².